The maximum Gasteiger partial charge on any atom is 0.207 e. The summed E-state index contributed by atoms with van der Waals surface area (Å²) in [5.41, 5.74) is -0.0912. The number of aryl methyl sites for hydroxylation is 2. The lowest BCUT2D eigenvalue weighted by Crippen LogP contribution is -2.27. The third kappa shape index (κ3) is 6.18. The molecule has 0 bridgehead atoms. The molecule has 2 N–H and O–H groups in total. The van der Waals surface area contributed by atoms with E-state index in [9.17, 15) is 18.6 Å². The second-order valence-electron chi connectivity index (χ2n) is 8.58. The molecule has 172 valence electrons. The van der Waals surface area contributed by atoms with Crippen LogP contribution >= 0.6 is 0 Å². The number of benzene rings is 2. The molecule has 0 spiro atoms. The first-order valence-corrected chi connectivity index (χ1v) is 13.0. The van der Waals surface area contributed by atoms with E-state index in [4.69, 9.17) is 0 Å². The van der Waals surface area contributed by atoms with Crippen LogP contribution in [0.2, 0.25) is 0 Å². The minimum absolute atomic E-state index is 0.304. The predicted molar refractivity (Wildman–Crippen MR) is 126 cm³/mol. The van der Waals surface area contributed by atoms with Gasteiger partial charge in [0.25, 0.3) is 0 Å². The SMILES string of the molecule is CCC(O)(CC)CCc1ccccc1S(=O)(=O)c1ccccc1CCC(O)(CC)CC. The second-order valence-corrected chi connectivity index (χ2v) is 10.5. The van der Waals surface area contributed by atoms with E-state index in [1.54, 1.807) is 24.3 Å². The lowest BCUT2D eigenvalue weighted by Gasteiger charge is -2.26. The van der Waals surface area contributed by atoms with Crippen molar-refractivity contribution in [2.45, 2.75) is 100 Å². The molecule has 0 aliphatic rings. The predicted octanol–water partition coefficient (Wildman–Crippen LogP) is 5.49. The maximum absolute atomic E-state index is 13.7. The molecule has 0 radical (unpaired) electrons. The van der Waals surface area contributed by atoms with Gasteiger partial charge in [-0.1, -0.05) is 64.1 Å². The van der Waals surface area contributed by atoms with Crippen molar-refractivity contribution in [2.75, 3.05) is 0 Å². The van der Waals surface area contributed by atoms with Gasteiger partial charge in [-0.25, -0.2) is 8.42 Å². The molecule has 0 unspecified atom stereocenters. The molecule has 0 saturated heterocycles. The molecular formula is C26H38O4S. The van der Waals surface area contributed by atoms with Crippen molar-refractivity contribution in [3.8, 4) is 0 Å². The highest BCUT2D eigenvalue weighted by Gasteiger charge is 2.28. The molecule has 0 saturated carbocycles. The number of hydrogen-bond acceptors (Lipinski definition) is 4. The van der Waals surface area contributed by atoms with Crippen LogP contribution in [0.3, 0.4) is 0 Å². The van der Waals surface area contributed by atoms with Crippen LogP contribution in [0, 0.1) is 0 Å². The number of rotatable bonds is 12. The summed E-state index contributed by atoms with van der Waals surface area (Å²) in [4.78, 5) is 0.608. The fraction of sp³-hybridized carbons (Fsp3) is 0.538. The summed E-state index contributed by atoms with van der Waals surface area (Å²) < 4.78 is 27.4. The largest absolute Gasteiger partial charge is 0.390 e. The van der Waals surface area contributed by atoms with Crippen LogP contribution in [0.25, 0.3) is 0 Å². The van der Waals surface area contributed by atoms with Crippen LogP contribution in [0.15, 0.2) is 58.3 Å². The highest BCUT2D eigenvalue weighted by Crippen LogP contribution is 2.31. The fourth-order valence-corrected chi connectivity index (χ4v) is 5.79. The van der Waals surface area contributed by atoms with Gasteiger partial charge in [0.15, 0.2) is 0 Å². The monoisotopic (exact) mass is 446 g/mol. The molecular weight excluding hydrogens is 408 g/mol. The van der Waals surface area contributed by atoms with Crippen molar-refractivity contribution >= 4 is 9.84 Å². The van der Waals surface area contributed by atoms with Gasteiger partial charge in [0.1, 0.15) is 0 Å². The highest BCUT2D eigenvalue weighted by atomic mass is 32.2. The third-order valence-electron chi connectivity index (χ3n) is 6.88. The van der Waals surface area contributed by atoms with Gasteiger partial charge in [0.05, 0.1) is 21.0 Å². The van der Waals surface area contributed by atoms with Gasteiger partial charge in [0, 0.05) is 0 Å². The van der Waals surface area contributed by atoms with Crippen LogP contribution < -0.4 is 0 Å². The fourth-order valence-electron chi connectivity index (χ4n) is 4.01. The molecule has 0 amide bonds. The Hall–Kier alpha value is -1.69. The Balaban J connectivity index is 2.39. The Morgan fingerprint density at radius 1 is 0.645 bits per heavy atom. The zero-order valence-corrected chi connectivity index (χ0v) is 20.2. The first kappa shape index (κ1) is 25.6. The van der Waals surface area contributed by atoms with Crippen LogP contribution in [0.5, 0.6) is 0 Å². The van der Waals surface area contributed by atoms with Gasteiger partial charge in [-0.05, 0) is 74.6 Å². The summed E-state index contributed by atoms with van der Waals surface area (Å²) in [6.45, 7) is 7.82. The smallest absolute Gasteiger partial charge is 0.207 e. The third-order valence-corrected chi connectivity index (χ3v) is 8.83. The minimum Gasteiger partial charge on any atom is -0.390 e. The molecule has 2 aromatic carbocycles. The van der Waals surface area contributed by atoms with E-state index in [2.05, 4.69) is 0 Å². The average Bonchev–Trinajstić information content (AvgIpc) is 2.81. The van der Waals surface area contributed by atoms with Crippen LogP contribution in [0.1, 0.15) is 77.3 Å². The van der Waals surface area contributed by atoms with Gasteiger partial charge < -0.3 is 10.2 Å². The Bertz CT molecular complexity index is 870. The molecule has 0 aromatic heterocycles. The average molecular weight is 447 g/mol. The first-order valence-electron chi connectivity index (χ1n) is 11.5. The summed E-state index contributed by atoms with van der Waals surface area (Å²) in [6, 6.07) is 14.2. The molecule has 2 rings (SSSR count). The standard InChI is InChI=1S/C26H38O4S/c1-5-25(27,6-2)19-17-21-13-9-11-15-23(21)31(29,30)24-16-12-10-14-22(24)18-20-26(28,7-3)8-4/h9-16,27-28H,5-8,17-20H2,1-4H3. The number of sulfone groups is 1. The minimum atomic E-state index is -3.73. The topological polar surface area (TPSA) is 74.6 Å². The van der Waals surface area contributed by atoms with E-state index in [-0.39, 0.29) is 0 Å². The van der Waals surface area contributed by atoms with Gasteiger partial charge in [-0.2, -0.15) is 0 Å². The van der Waals surface area contributed by atoms with E-state index < -0.39 is 21.0 Å². The van der Waals surface area contributed by atoms with Crippen LogP contribution in [-0.2, 0) is 22.7 Å². The highest BCUT2D eigenvalue weighted by molar-refractivity contribution is 7.91. The molecule has 4 nitrogen and oxygen atoms in total. The quantitative estimate of drug-likeness (QED) is 0.452. The molecule has 31 heavy (non-hydrogen) atoms. The summed E-state index contributed by atoms with van der Waals surface area (Å²) in [5.74, 6) is 0. The summed E-state index contributed by atoms with van der Waals surface area (Å²) in [7, 11) is -3.73. The Morgan fingerprint density at radius 3 is 1.29 bits per heavy atom. The van der Waals surface area contributed by atoms with Gasteiger partial charge >= 0.3 is 0 Å². The molecule has 0 heterocycles. The molecule has 0 atom stereocenters. The molecule has 2 aromatic rings. The Labute approximate surface area is 188 Å². The molecule has 5 heteroatoms. The van der Waals surface area contributed by atoms with E-state index in [0.29, 0.717) is 61.2 Å². The maximum atomic E-state index is 13.7. The van der Waals surface area contributed by atoms with Crippen molar-refractivity contribution in [3.05, 3.63) is 59.7 Å². The van der Waals surface area contributed by atoms with Gasteiger partial charge in [-0.3, -0.25) is 0 Å². The summed E-state index contributed by atoms with van der Waals surface area (Å²) in [5, 5.41) is 21.3. The zero-order valence-electron chi connectivity index (χ0n) is 19.4. The van der Waals surface area contributed by atoms with E-state index in [1.807, 2.05) is 52.0 Å². The second kappa shape index (κ2) is 10.8. The van der Waals surface area contributed by atoms with Gasteiger partial charge in [-0.15, -0.1) is 0 Å². The van der Waals surface area contributed by atoms with Crippen LogP contribution in [0.4, 0.5) is 0 Å². The molecule has 0 aliphatic heterocycles. The van der Waals surface area contributed by atoms with Crippen LogP contribution in [-0.4, -0.2) is 29.8 Å². The zero-order chi connectivity index (χ0) is 23.1. The lowest BCUT2D eigenvalue weighted by atomic mass is 9.90. The normalized spacial score (nSPS) is 12.8. The Kier molecular flexibility index (Phi) is 8.87. The number of aliphatic hydroxyl groups is 2. The van der Waals surface area contributed by atoms with Crippen molar-refractivity contribution in [3.63, 3.8) is 0 Å². The summed E-state index contributed by atoms with van der Waals surface area (Å²) in [6.07, 6.45) is 4.60. The van der Waals surface area contributed by atoms with Crippen molar-refractivity contribution < 1.29 is 18.6 Å². The summed E-state index contributed by atoms with van der Waals surface area (Å²) >= 11 is 0. The van der Waals surface area contributed by atoms with Gasteiger partial charge in [0.2, 0.25) is 9.84 Å². The van der Waals surface area contributed by atoms with Crippen molar-refractivity contribution in [1.29, 1.82) is 0 Å². The number of hydrogen-bond donors (Lipinski definition) is 2. The van der Waals surface area contributed by atoms with E-state index >= 15 is 0 Å². The molecule has 0 fully saturated rings. The first-order chi connectivity index (χ1) is 14.6. The van der Waals surface area contributed by atoms with E-state index in [1.165, 1.54) is 0 Å². The molecule has 0 aliphatic carbocycles. The van der Waals surface area contributed by atoms with E-state index in [0.717, 1.165) is 11.1 Å². The van der Waals surface area contributed by atoms with Crippen molar-refractivity contribution in [2.24, 2.45) is 0 Å². The lowest BCUT2D eigenvalue weighted by molar-refractivity contribution is 0.0235. The van der Waals surface area contributed by atoms with Crippen molar-refractivity contribution in [1.82, 2.24) is 0 Å². The Morgan fingerprint density at radius 2 is 0.968 bits per heavy atom.